The Balaban J connectivity index is 2.73. The van der Waals surface area contributed by atoms with Gasteiger partial charge in [-0.1, -0.05) is 117 Å². The highest BCUT2D eigenvalue weighted by molar-refractivity contribution is 4.89. The maximum absolute atomic E-state index is 6.04. The summed E-state index contributed by atoms with van der Waals surface area (Å²) in [7, 11) is 5.28. The lowest BCUT2D eigenvalue weighted by molar-refractivity contribution is -0.411. The second kappa shape index (κ2) is 19.1. The van der Waals surface area contributed by atoms with Crippen LogP contribution in [-0.2, 0) is 18.9 Å². The minimum absolute atomic E-state index is 0.0946. The molecule has 0 aliphatic carbocycles. The topological polar surface area (TPSA) is 40.2 Å². The van der Waals surface area contributed by atoms with E-state index in [1.807, 2.05) is 0 Å². The van der Waals surface area contributed by atoms with Crippen LogP contribution in [0, 0.1) is 5.41 Å². The largest absolute Gasteiger partial charge is 0.373 e. The molecular formula is C29H58O4. The number of ether oxygens (including phenoxy) is 4. The highest BCUT2D eigenvalue weighted by Crippen LogP contribution is 2.49. The summed E-state index contributed by atoms with van der Waals surface area (Å²) in [6.07, 6.45) is 26.0. The van der Waals surface area contributed by atoms with Crippen molar-refractivity contribution in [2.75, 3.05) is 27.9 Å². The van der Waals surface area contributed by atoms with Crippen molar-refractivity contribution in [3.05, 3.63) is 0 Å². The SMILES string of the molecule is CCCCCCCCCCC(CCCCCCCC)(CCCCC1CO1)C(OC)(OC)OC. The molecule has 1 rings (SSSR count). The highest BCUT2D eigenvalue weighted by Gasteiger charge is 2.52. The Morgan fingerprint density at radius 1 is 0.576 bits per heavy atom. The zero-order valence-corrected chi connectivity index (χ0v) is 23.1. The fraction of sp³-hybridized carbons (Fsp3) is 1.00. The van der Waals surface area contributed by atoms with Gasteiger partial charge in [0.15, 0.2) is 0 Å². The lowest BCUT2D eigenvalue weighted by Gasteiger charge is -2.47. The molecular weight excluding hydrogens is 412 g/mol. The molecule has 1 saturated heterocycles. The molecule has 1 aliphatic rings. The fourth-order valence-corrected chi connectivity index (χ4v) is 5.64. The van der Waals surface area contributed by atoms with Crippen molar-refractivity contribution in [1.82, 2.24) is 0 Å². The van der Waals surface area contributed by atoms with Gasteiger partial charge in [0.2, 0.25) is 0 Å². The van der Waals surface area contributed by atoms with Crippen LogP contribution in [0.1, 0.15) is 142 Å². The Labute approximate surface area is 206 Å². The normalized spacial score (nSPS) is 17.9. The molecule has 0 bridgehead atoms. The van der Waals surface area contributed by atoms with Crippen LogP contribution in [0.25, 0.3) is 0 Å². The van der Waals surface area contributed by atoms with Crippen LogP contribution in [0.5, 0.6) is 0 Å². The van der Waals surface area contributed by atoms with Crippen LogP contribution in [0.4, 0.5) is 0 Å². The van der Waals surface area contributed by atoms with Crippen LogP contribution in [0.15, 0.2) is 0 Å². The molecule has 0 saturated carbocycles. The molecule has 198 valence electrons. The third-order valence-electron chi connectivity index (χ3n) is 7.81. The molecule has 0 spiro atoms. The Morgan fingerprint density at radius 3 is 1.30 bits per heavy atom. The zero-order chi connectivity index (χ0) is 24.3. The molecule has 4 heteroatoms. The van der Waals surface area contributed by atoms with Gasteiger partial charge in [0.05, 0.1) is 18.1 Å². The number of hydrogen-bond donors (Lipinski definition) is 0. The van der Waals surface area contributed by atoms with E-state index < -0.39 is 5.97 Å². The van der Waals surface area contributed by atoms with E-state index in [0.29, 0.717) is 6.10 Å². The second-order valence-corrected chi connectivity index (χ2v) is 10.4. The summed E-state index contributed by atoms with van der Waals surface area (Å²) in [4.78, 5) is 0. The van der Waals surface area contributed by atoms with Gasteiger partial charge in [0.1, 0.15) is 0 Å². The Morgan fingerprint density at radius 2 is 0.939 bits per heavy atom. The van der Waals surface area contributed by atoms with Gasteiger partial charge in [-0.25, -0.2) is 0 Å². The predicted molar refractivity (Wildman–Crippen MR) is 140 cm³/mol. The molecule has 33 heavy (non-hydrogen) atoms. The highest BCUT2D eigenvalue weighted by atomic mass is 16.9. The van der Waals surface area contributed by atoms with E-state index >= 15 is 0 Å². The molecule has 2 unspecified atom stereocenters. The molecule has 0 aromatic carbocycles. The summed E-state index contributed by atoms with van der Waals surface area (Å²) in [6, 6.07) is 0. The van der Waals surface area contributed by atoms with Crippen molar-refractivity contribution in [2.45, 2.75) is 154 Å². The average molecular weight is 471 g/mol. The molecule has 0 radical (unpaired) electrons. The van der Waals surface area contributed by atoms with Gasteiger partial charge in [-0.3, -0.25) is 0 Å². The molecule has 2 atom stereocenters. The van der Waals surface area contributed by atoms with Crippen LogP contribution < -0.4 is 0 Å². The van der Waals surface area contributed by atoms with Gasteiger partial charge in [-0.15, -0.1) is 0 Å². The maximum atomic E-state index is 6.04. The first kappa shape index (κ1) is 30.9. The van der Waals surface area contributed by atoms with Gasteiger partial charge in [0, 0.05) is 21.3 Å². The molecule has 1 aliphatic heterocycles. The lowest BCUT2D eigenvalue weighted by atomic mass is 9.71. The van der Waals surface area contributed by atoms with Crippen molar-refractivity contribution in [1.29, 1.82) is 0 Å². The van der Waals surface area contributed by atoms with E-state index in [9.17, 15) is 0 Å². The minimum atomic E-state index is -0.951. The monoisotopic (exact) mass is 470 g/mol. The first-order chi connectivity index (χ1) is 16.1. The number of epoxide rings is 1. The number of methoxy groups -OCH3 is 3. The first-order valence-corrected chi connectivity index (χ1v) is 14.4. The number of unbranched alkanes of at least 4 members (excludes halogenated alkanes) is 13. The Hall–Kier alpha value is -0.160. The van der Waals surface area contributed by atoms with Gasteiger partial charge < -0.3 is 18.9 Å². The molecule has 4 nitrogen and oxygen atoms in total. The van der Waals surface area contributed by atoms with Crippen molar-refractivity contribution in [3.8, 4) is 0 Å². The van der Waals surface area contributed by atoms with Crippen molar-refractivity contribution in [3.63, 3.8) is 0 Å². The number of hydrogen-bond acceptors (Lipinski definition) is 4. The first-order valence-electron chi connectivity index (χ1n) is 14.4. The predicted octanol–water partition coefficient (Wildman–Crippen LogP) is 8.81. The van der Waals surface area contributed by atoms with Gasteiger partial charge in [-0.05, 0) is 25.7 Å². The van der Waals surface area contributed by atoms with E-state index in [0.717, 1.165) is 25.9 Å². The summed E-state index contributed by atoms with van der Waals surface area (Å²) in [6.45, 7) is 5.53. The Bertz CT molecular complexity index is 425. The summed E-state index contributed by atoms with van der Waals surface area (Å²) in [5.74, 6) is -0.951. The van der Waals surface area contributed by atoms with E-state index in [2.05, 4.69) is 13.8 Å². The maximum Gasteiger partial charge on any atom is 0.288 e. The molecule has 0 aromatic heterocycles. The molecule has 1 fully saturated rings. The zero-order valence-electron chi connectivity index (χ0n) is 23.1. The van der Waals surface area contributed by atoms with Crippen molar-refractivity contribution >= 4 is 0 Å². The van der Waals surface area contributed by atoms with Gasteiger partial charge in [0.25, 0.3) is 5.97 Å². The average Bonchev–Trinajstić information content (AvgIpc) is 3.66. The third kappa shape index (κ3) is 11.9. The van der Waals surface area contributed by atoms with E-state index in [4.69, 9.17) is 18.9 Å². The molecule has 0 N–H and O–H groups in total. The Kier molecular flexibility index (Phi) is 17.8. The summed E-state index contributed by atoms with van der Waals surface area (Å²) < 4.78 is 23.6. The van der Waals surface area contributed by atoms with E-state index in [1.54, 1.807) is 21.3 Å². The third-order valence-corrected chi connectivity index (χ3v) is 7.81. The molecule has 1 heterocycles. The minimum Gasteiger partial charge on any atom is -0.373 e. The van der Waals surface area contributed by atoms with Gasteiger partial charge in [-0.2, -0.15) is 0 Å². The number of rotatable bonds is 25. The van der Waals surface area contributed by atoms with Crippen molar-refractivity contribution in [2.24, 2.45) is 5.41 Å². The molecule has 0 aromatic rings. The summed E-state index contributed by atoms with van der Waals surface area (Å²) in [5, 5.41) is 0. The van der Waals surface area contributed by atoms with Crippen LogP contribution in [0.3, 0.4) is 0 Å². The smallest absolute Gasteiger partial charge is 0.288 e. The fourth-order valence-electron chi connectivity index (χ4n) is 5.64. The van der Waals surface area contributed by atoms with E-state index in [-0.39, 0.29) is 5.41 Å². The van der Waals surface area contributed by atoms with Crippen LogP contribution in [0.2, 0.25) is 0 Å². The summed E-state index contributed by atoms with van der Waals surface area (Å²) >= 11 is 0. The quantitative estimate of drug-likeness (QED) is 0.0759. The van der Waals surface area contributed by atoms with Gasteiger partial charge >= 0.3 is 0 Å². The van der Waals surface area contributed by atoms with Crippen LogP contribution in [-0.4, -0.2) is 40.0 Å². The van der Waals surface area contributed by atoms with Crippen LogP contribution >= 0.6 is 0 Å². The molecule has 0 amide bonds. The standard InChI is InChI=1S/C29H58O4/c1-6-8-10-12-14-15-17-20-24-28(29(30-3,31-4)32-5,23-19-16-13-11-9-7-2)25-21-18-22-27-26-33-27/h27H,6-26H2,1-5H3. The lowest BCUT2D eigenvalue weighted by Crippen LogP contribution is -2.53. The summed E-state index contributed by atoms with van der Waals surface area (Å²) in [5.41, 5.74) is -0.0946. The second-order valence-electron chi connectivity index (χ2n) is 10.4. The van der Waals surface area contributed by atoms with Crippen molar-refractivity contribution < 1.29 is 18.9 Å². The van der Waals surface area contributed by atoms with E-state index in [1.165, 1.54) is 109 Å².